The number of hydrogen-bond acceptors (Lipinski definition) is 4. The molecule has 2 atom stereocenters. The van der Waals surface area contributed by atoms with Gasteiger partial charge in [0.1, 0.15) is 17.6 Å². The molecule has 0 aliphatic carbocycles. The van der Waals surface area contributed by atoms with Gasteiger partial charge in [0.05, 0.1) is 6.61 Å². The second kappa shape index (κ2) is 7.14. The summed E-state index contributed by atoms with van der Waals surface area (Å²) in [5.41, 5.74) is 2.44. The van der Waals surface area contributed by atoms with Crippen LogP contribution < -0.4 is 14.8 Å². The van der Waals surface area contributed by atoms with Crippen LogP contribution in [0.25, 0.3) is 0 Å². The monoisotopic (exact) mass is 292 g/mol. The van der Waals surface area contributed by atoms with Gasteiger partial charge in [0, 0.05) is 36.7 Å². The van der Waals surface area contributed by atoms with Crippen molar-refractivity contribution in [2.24, 2.45) is 0 Å². The van der Waals surface area contributed by atoms with E-state index in [2.05, 4.69) is 50.3 Å². The van der Waals surface area contributed by atoms with Crippen molar-refractivity contribution in [1.29, 1.82) is 0 Å². The number of nitrogens with zero attached hydrogens (tertiary/aromatic N) is 1. The molecule has 0 aromatic heterocycles. The van der Waals surface area contributed by atoms with Gasteiger partial charge >= 0.3 is 0 Å². The maximum Gasteiger partial charge on any atom is 0.124 e. The van der Waals surface area contributed by atoms with E-state index < -0.39 is 0 Å². The quantitative estimate of drug-likeness (QED) is 0.837. The first kappa shape index (κ1) is 16.1. The molecule has 1 N–H and O–H groups in total. The number of benzene rings is 1. The first-order chi connectivity index (χ1) is 10.0. The van der Waals surface area contributed by atoms with E-state index in [0.29, 0.717) is 12.6 Å². The average Bonchev–Trinajstić information content (AvgIpc) is 2.78. The molecule has 0 radical (unpaired) electrons. The minimum Gasteiger partial charge on any atom is -0.494 e. The van der Waals surface area contributed by atoms with Crippen molar-refractivity contribution in [2.45, 2.75) is 45.9 Å². The molecule has 21 heavy (non-hydrogen) atoms. The number of nitrogens with one attached hydrogen (secondary N) is 1. The van der Waals surface area contributed by atoms with Crippen molar-refractivity contribution in [3.05, 3.63) is 23.3 Å². The van der Waals surface area contributed by atoms with Gasteiger partial charge in [0.25, 0.3) is 0 Å². The predicted molar refractivity (Wildman–Crippen MR) is 86.3 cm³/mol. The van der Waals surface area contributed by atoms with E-state index in [1.807, 2.05) is 6.92 Å². The Hall–Kier alpha value is -1.26. The molecule has 2 unspecified atom stereocenters. The van der Waals surface area contributed by atoms with Gasteiger partial charge in [-0.05, 0) is 47.0 Å². The summed E-state index contributed by atoms with van der Waals surface area (Å²) in [7, 11) is 4.20. The van der Waals surface area contributed by atoms with Crippen LogP contribution in [0.1, 0.15) is 31.9 Å². The Morgan fingerprint density at radius 2 is 2.19 bits per heavy atom. The lowest BCUT2D eigenvalue weighted by atomic mass is 10.1. The Labute approximate surface area is 128 Å². The highest BCUT2D eigenvalue weighted by atomic mass is 16.5. The van der Waals surface area contributed by atoms with E-state index >= 15 is 0 Å². The standard InChI is InChI=1S/C17H28N2O2/c1-6-20-16-8-14-7-13(3)21-17(14)9-15(16)11-18-10-12(2)19(4)5/h8-9,12-13,18H,6-7,10-11H2,1-5H3. The van der Waals surface area contributed by atoms with Gasteiger partial charge in [-0.3, -0.25) is 0 Å². The zero-order valence-electron chi connectivity index (χ0n) is 13.9. The van der Waals surface area contributed by atoms with Crippen LogP contribution in [0.15, 0.2) is 12.1 Å². The summed E-state index contributed by atoms with van der Waals surface area (Å²) in [4.78, 5) is 2.21. The molecule has 118 valence electrons. The van der Waals surface area contributed by atoms with Crippen molar-refractivity contribution < 1.29 is 9.47 Å². The van der Waals surface area contributed by atoms with Gasteiger partial charge in [-0.1, -0.05) is 0 Å². The Morgan fingerprint density at radius 3 is 2.86 bits per heavy atom. The largest absolute Gasteiger partial charge is 0.494 e. The van der Waals surface area contributed by atoms with E-state index in [-0.39, 0.29) is 6.10 Å². The highest BCUT2D eigenvalue weighted by molar-refractivity contribution is 5.48. The van der Waals surface area contributed by atoms with E-state index in [1.165, 1.54) is 11.1 Å². The summed E-state index contributed by atoms with van der Waals surface area (Å²) < 4.78 is 11.7. The second-order valence-electron chi connectivity index (χ2n) is 6.08. The molecule has 0 bridgehead atoms. The van der Waals surface area contributed by atoms with Crippen molar-refractivity contribution in [3.63, 3.8) is 0 Å². The molecule has 1 aromatic carbocycles. The van der Waals surface area contributed by atoms with Crippen LogP contribution in [-0.2, 0) is 13.0 Å². The van der Waals surface area contributed by atoms with Gasteiger partial charge < -0.3 is 19.7 Å². The Kier molecular flexibility index (Phi) is 5.48. The topological polar surface area (TPSA) is 33.7 Å². The number of ether oxygens (including phenoxy) is 2. The molecule has 0 saturated carbocycles. The number of likely N-dealkylation sites (N-methyl/N-ethyl adjacent to an activating group) is 1. The molecule has 1 aliphatic rings. The first-order valence-electron chi connectivity index (χ1n) is 7.83. The van der Waals surface area contributed by atoms with E-state index in [4.69, 9.17) is 9.47 Å². The second-order valence-corrected chi connectivity index (χ2v) is 6.08. The fraction of sp³-hybridized carbons (Fsp3) is 0.647. The number of hydrogen-bond donors (Lipinski definition) is 1. The fourth-order valence-electron chi connectivity index (χ4n) is 2.51. The number of rotatable bonds is 7. The molecule has 2 rings (SSSR count). The third-order valence-corrected chi connectivity index (χ3v) is 4.02. The minimum atomic E-state index is 0.270. The molecule has 4 heteroatoms. The van der Waals surface area contributed by atoms with Gasteiger partial charge in [0.2, 0.25) is 0 Å². The van der Waals surface area contributed by atoms with Crippen LogP contribution in [-0.4, -0.2) is 44.3 Å². The van der Waals surface area contributed by atoms with Gasteiger partial charge in [-0.2, -0.15) is 0 Å². The fourth-order valence-corrected chi connectivity index (χ4v) is 2.51. The molecule has 1 aliphatic heterocycles. The lowest BCUT2D eigenvalue weighted by molar-refractivity contribution is 0.254. The number of fused-ring (bicyclic) bond motifs is 1. The normalized spacial score (nSPS) is 18.5. The highest BCUT2D eigenvalue weighted by Gasteiger charge is 2.21. The van der Waals surface area contributed by atoms with Crippen LogP contribution in [0.2, 0.25) is 0 Å². The van der Waals surface area contributed by atoms with Crippen molar-refractivity contribution in [3.8, 4) is 11.5 Å². The minimum absolute atomic E-state index is 0.270. The molecule has 0 fully saturated rings. The maximum atomic E-state index is 5.85. The molecule has 4 nitrogen and oxygen atoms in total. The summed E-state index contributed by atoms with van der Waals surface area (Å²) in [6, 6.07) is 4.79. The lowest BCUT2D eigenvalue weighted by Crippen LogP contribution is -2.35. The first-order valence-corrected chi connectivity index (χ1v) is 7.83. The maximum absolute atomic E-state index is 5.85. The lowest BCUT2D eigenvalue weighted by Gasteiger charge is -2.20. The van der Waals surface area contributed by atoms with Crippen LogP contribution in [0.4, 0.5) is 0 Å². The molecule has 0 saturated heterocycles. The molecule has 0 amide bonds. The average molecular weight is 292 g/mol. The molecule has 1 heterocycles. The van der Waals surface area contributed by atoms with Crippen LogP contribution in [0, 0.1) is 0 Å². The Bertz CT molecular complexity index is 474. The SMILES string of the molecule is CCOc1cc2c(cc1CNCC(C)N(C)C)OC(C)C2. The third-order valence-electron chi connectivity index (χ3n) is 4.02. The van der Waals surface area contributed by atoms with E-state index in [9.17, 15) is 0 Å². The van der Waals surface area contributed by atoms with Crippen molar-refractivity contribution >= 4 is 0 Å². The Morgan fingerprint density at radius 1 is 1.43 bits per heavy atom. The summed E-state index contributed by atoms with van der Waals surface area (Å²) in [6.45, 7) is 8.79. The molecule has 1 aromatic rings. The molecular formula is C17H28N2O2. The van der Waals surface area contributed by atoms with E-state index in [1.54, 1.807) is 0 Å². The van der Waals surface area contributed by atoms with Crippen LogP contribution in [0.3, 0.4) is 0 Å². The van der Waals surface area contributed by atoms with Gasteiger partial charge in [-0.25, -0.2) is 0 Å². The highest BCUT2D eigenvalue weighted by Crippen LogP contribution is 2.35. The van der Waals surface area contributed by atoms with Gasteiger partial charge in [0.15, 0.2) is 0 Å². The Balaban J connectivity index is 2.05. The predicted octanol–water partition coefficient (Wildman–Crippen LogP) is 2.45. The molecule has 0 spiro atoms. The van der Waals surface area contributed by atoms with E-state index in [0.717, 1.165) is 31.0 Å². The zero-order valence-corrected chi connectivity index (χ0v) is 13.9. The summed E-state index contributed by atoms with van der Waals surface area (Å²) in [6.07, 6.45) is 1.24. The van der Waals surface area contributed by atoms with Crippen LogP contribution in [0.5, 0.6) is 11.5 Å². The third kappa shape index (κ3) is 4.11. The van der Waals surface area contributed by atoms with Crippen molar-refractivity contribution in [2.75, 3.05) is 27.2 Å². The summed E-state index contributed by atoms with van der Waals surface area (Å²) in [5.74, 6) is 2.00. The van der Waals surface area contributed by atoms with Gasteiger partial charge in [-0.15, -0.1) is 0 Å². The summed E-state index contributed by atoms with van der Waals surface area (Å²) in [5, 5.41) is 3.51. The zero-order chi connectivity index (χ0) is 15.4. The van der Waals surface area contributed by atoms with Crippen LogP contribution >= 0.6 is 0 Å². The van der Waals surface area contributed by atoms with Crippen molar-refractivity contribution in [1.82, 2.24) is 10.2 Å². The smallest absolute Gasteiger partial charge is 0.124 e. The summed E-state index contributed by atoms with van der Waals surface area (Å²) >= 11 is 0. The molecular weight excluding hydrogens is 264 g/mol.